The van der Waals surface area contributed by atoms with Crippen molar-refractivity contribution >= 4 is 11.4 Å². The molecule has 2 aromatic carbocycles. The van der Waals surface area contributed by atoms with Gasteiger partial charge in [0.2, 0.25) is 0 Å². The highest BCUT2D eigenvalue weighted by Gasteiger charge is 2.26. The number of hydrogen-bond donors (Lipinski definition) is 0. The first-order valence-electron chi connectivity index (χ1n) is 12.6. The SMILES string of the molecule is O=[N+]([O-])c1ccc(-[n+]2cccc(CCCCCCCCCCOCc3ccccc3)c2)c([N+](=O)[O-])c1.[Cl-]. The molecule has 0 aliphatic heterocycles. The average molecular weight is 528 g/mol. The summed E-state index contributed by atoms with van der Waals surface area (Å²) in [7, 11) is 0. The van der Waals surface area contributed by atoms with Crippen molar-refractivity contribution in [2.24, 2.45) is 0 Å². The molecule has 1 aromatic heterocycles. The van der Waals surface area contributed by atoms with Crippen LogP contribution in [0.3, 0.4) is 0 Å². The minimum Gasteiger partial charge on any atom is -1.00 e. The molecule has 0 radical (unpaired) electrons. The van der Waals surface area contributed by atoms with Gasteiger partial charge in [-0.05, 0) is 30.9 Å². The highest BCUT2D eigenvalue weighted by atomic mass is 35.5. The molecule has 0 amide bonds. The second-order valence-corrected chi connectivity index (χ2v) is 8.92. The number of aromatic nitrogens is 1. The highest BCUT2D eigenvalue weighted by Crippen LogP contribution is 2.24. The fraction of sp³-hybridized carbons (Fsp3) is 0.393. The van der Waals surface area contributed by atoms with Crippen LogP contribution in [0.2, 0.25) is 0 Å². The van der Waals surface area contributed by atoms with Crippen LogP contribution < -0.4 is 17.0 Å². The summed E-state index contributed by atoms with van der Waals surface area (Å²) in [5.74, 6) is 0. The lowest BCUT2D eigenvalue weighted by Gasteiger charge is -2.05. The average Bonchev–Trinajstić information content (AvgIpc) is 2.89. The number of unbranched alkanes of at least 4 members (excludes halogenated alkanes) is 7. The largest absolute Gasteiger partial charge is 1.00 e. The van der Waals surface area contributed by atoms with E-state index < -0.39 is 9.85 Å². The van der Waals surface area contributed by atoms with Crippen molar-refractivity contribution in [2.75, 3.05) is 6.61 Å². The molecule has 0 aliphatic rings. The predicted molar refractivity (Wildman–Crippen MR) is 138 cm³/mol. The molecule has 0 saturated carbocycles. The summed E-state index contributed by atoms with van der Waals surface area (Å²) in [6, 6.07) is 17.8. The van der Waals surface area contributed by atoms with Crippen LogP contribution in [0.4, 0.5) is 11.4 Å². The third-order valence-electron chi connectivity index (χ3n) is 6.12. The van der Waals surface area contributed by atoms with E-state index in [1.165, 1.54) is 49.8 Å². The van der Waals surface area contributed by atoms with Gasteiger partial charge < -0.3 is 17.1 Å². The molecule has 0 fully saturated rings. The zero-order valence-electron chi connectivity index (χ0n) is 21.0. The van der Waals surface area contributed by atoms with Gasteiger partial charge in [-0.2, -0.15) is 4.57 Å². The van der Waals surface area contributed by atoms with E-state index in [4.69, 9.17) is 4.74 Å². The Bertz CT molecular complexity index is 1130. The maximum atomic E-state index is 11.5. The lowest BCUT2D eigenvalue weighted by Crippen LogP contribution is -3.00. The maximum absolute atomic E-state index is 11.5. The zero-order chi connectivity index (χ0) is 25.6. The van der Waals surface area contributed by atoms with Gasteiger partial charge in [0, 0.05) is 30.4 Å². The number of ether oxygens (including phenoxy) is 1. The van der Waals surface area contributed by atoms with Gasteiger partial charge in [0.05, 0.1) is 16.5 Å². The van der Waals surface area contributed by atoms with E-state index in [1.54, 1.807) is 10.8 Å². The van der Waals surface area contributed by atoms with Crippen LogP contribution in [0.1, 0.15) is 62.5 Å². The smallest absolute Gasteiger partial charge is 0.347 e. The fourth-order valence-electron chi connectivity index (χ4n) is 4.17. The molecule has 0 unspecified atom stereocenters. The first-order valence-corrected chi connectivity index (χ1v) is 12.6. The Morgan fingerprint density at radius 2 is 1.38 bits per heavy atom. The molecule has 3 aromatic rings. The molecule has 3 rings (SSSR count). The molecular weight excluding hydrogens is 494 g/mol. The number of aryl methyl sites for hydroxylation is 1. The molecule has 0 atom stereocenters. The van der Waals surface area contributed by atoms with Crippen LogP contribution in [0, 0.1) is 20.2 Å². The molecule has 9 heteroatoms. The number of nitro groups is 2. The van der Waals surface area contributed by atoms with Crippen molar-refractivity contribution in [3.05, 3.63) is 104 Å². The Balaban J connectivity index is 0.00000481. The first kappa shape index (κ1) is 29.9. The molecule has 37 heavy (non-hydrogen) atoms. The predicted octanol–water partition coefficient (Wildman–Crippen LogP) is 3.66. The van der Waals surface area contributed by atoms with E-state index in [-0.39, 0.29) is 23.8 Å². The Kier molecular flexibility index (Phi) is 13.2. The minimum absolute atomic E-state index is 0. The van der Waals surface area contributed by atoms with Crippen molar-refractivity contribution in [1.82, 2.24) is 0 Å². The van der Waals surface area contributed by atoms with Gasteiger partial charge in [0.15, 0.2) is 12.4 Å². The van der Waals surface area contributed by atoms with Crippen LogP contribution in [-0.4, -0.2) is 16.5 Å². The van der Waals surface area contributed by atoms with E-state index in [1.807, 2.05) is 36.5 Å². The van der Waals surface area contributed by atoms with Crippen LogP contribution in [-0.2, 0) is 17.8 Å². The molecule has 1 heterocycles. The molecule has 8 nitrogen and oxygen atoms in total. The Morgan fingerprint density at radius 1 is 0.730 bits per heavy atom. The third kappa shape index (κ3) is 10.3. The lowest BCUT2D eigenvalue weighted by atomic mass is 10.0. The summed E-state index contributed by atoms with van der Waals surface area (Å²) in [6.07, 6.45) is 13.9. The van der Waals surface area contributed by atoms with E-state index in [9.17, 15) is 20.2 Å². The summed E-state index contributed by atoms with van der Waals surface area (Å²) >= 11 is 0. The Morgan fingerprint density at radius 3 is 2.05 bits per heavy atom. The van der Waals surface area contributed by atoms with Crippen molar-refractivity contribution in [3.8, 4) is 5.69 Å². The number of hydrogen-bond acceptors (Lipinski definition) is 5. The molecule has 0 N–H and O–H groups in total. The standard InChI is InChI=1S/C28H34N3O5.ClH/c32-30(33)26-17-18-27(28(21-26)31(34)35)29-19-12-16-24(22-29)13-8-5-3-1-2-4-6-11-20-36-23-25-14-9-7-10-15-25;/h7,9-10,12,14-19,21-22H,1-6,8,11,13,20,23H2;1H/q+1;/p-1. The second-order valence-electron chi connectivity index (χ2n) is 8.92. The summed E-state index contributed by atoms with van der Waals surface area (Å²) in [6.45, 7) is 1.50. The van der Waals surface area contributed by atoms with Gasteiger partial charge in [-0.15, -0.1) is 0 Å². The summed E-state index contributed by atoms with van der Waals surface area (Å²) in [5.41, 5.74) is 2.04. The number of nitro benzene ring substituents is 2. The number of halogens is 1. The van der Waals surface area contributed by atoms with Crippen molar-refractivity contribution < 1.29 is 31.6 Å². The first-order chi connectivity index (χ1) is 17.5. The van der Waals surface area contributed by atoms with E-state index in [0.29, 0.717) is 12.3 Å². The fourth-order valence-corrected chi connectivity index (χ4v) is 4.17. The van der Waals surface area contributed by atoms with Crippen LogP contribution in [0.5, 0.6) is 0 Å². The number of pyridine rings is 1. The van der Waals surface area contributed by atoms with Gasteiger partial charge in [-0.1, -0.05) is 68.9 Å². The highest BCUT2D eigenvalue weighted by molar-refractivity contribution is 5.53. The summed E-state index contributed by atoms with van der Waals surface area (Å²) in [5, 5.41) is 22.4. The van der Waals surface area contributed by atoms with E-state index in [2.05, 4.69) is 12.1 Å². The van der Waals surface area contributed by atoms with E-state index in [0.717, 1.165) is 43.9 Å². The van der Waals surface area contributed by atoms with Gasteiger partial charge in [-0.3, -0.25) is 20.2 Å². The van der Waals surface area contributed by atoms with E-state index >= 15 is 0 Å². The lowest BCUT2D eigenvalue weighted by molar-refractivity contribution is -0.601. The second kappa shape index (κ2) is 16.4. The zero-order valence-corrected chi connectivity index (χ0v) is 21.7. The van der Waals surface area contributed by atoms with Crippen LogP contribution in [0.15, 0.2) is 73.1 Å². The molecule has 0 saturated heterocycles. The Hall–Kier alpha value is -3.36. The monoisotopic (exact) mass is 527 g/mol. The number of non-ortho nitro benzene ring substituents is 1. The quantitative estimate of drug-likeness (QED) is 0.122. The van der Waals surface area contributed by atoms with Gasteiger partial charge in [-0.25, -0.2) is 0 Å². The molecule has 0 spiro atoms. The molecule has 0 aliphatic carbocycles. The minimum atomic E-state index is -0.625. The molecular formula is C28H34ClN3O5. The number of nitrogens with zero attached hydrogens (tertiary/aromatic N) is 3. The van der Waals surface area contributed by atoms with Crippen LogP contribution in [0.25, 0.3) is 5.69 Å². The number of benzene rings is 2. The Labute approximate surface area is 224 Å². The molecule has 198 valence electrons. The molecule has 0 bridgehead atoms. The summed E-state index contributed by atoms with van der Waals surface area (Å²) in [4.78, 5) is 21.2. The summed E-state index contributed by atoms with van der Waals surface area (Å²) < 4.78 is 7.40. The van der Waals surface area contributed by atoms with Gasteiger partial charge in [0.1, 0.15) is 6.07 Å². The van der Waals surface area contributed by atoms with Crippen molar-refractivity contribution in [1.29, 1.82) is 0 Å². The van der Waals surface area contributed by atoms with Crippen LogP contribution >= 0.6 is 0 Å². The normalized spacial score (nSPS) is 10.6. The van der Waals surface area contributed by atoms with Gasteiger partial charge >= 0.3 is 5.69 Å². The van der Waals surface area contributed by atoms with Crippen molar-refractivity contribution in [3.63, 3.8) is 0 Å². The van der Waals surface area contributed by atoms with Gasteiger partial charge in [0.25, 0.3) is 11.4 Å². The number of rotatable bonds is 16. The topological polar surface area (TPSA) is 99.4 Å². The van der Waals surface area contributed by atoms with Crippen molar-refractivity contribution in [2.45, 2.75) is 64.4 Å². The third-order valence-corrected chi connectivity index (χ3v) is 6.12. The maximum Gasteiger partial charge on any atom is 0.347 e.